The standard InChI is InChI=1S/C11H16ClNO3S/c1-7(2)8-3-4-11-9(5-8)10(13-16-11)6-17(12,14)15/h7-8H,3-6H2,1-2H3. The first-order valence-electron chi connectivity index (χ1n) is 5.75. The van der Waals surface area contributed by atoms with Crippen molar-refractivity contribution in [3.05, 3.63) is 17.0 Å². The van der Waals surface area contributed by atoms with Gasteiger partial charge in [-0.25, -0.2) is 8.42 Å². The smallest absolute Gasteiger partial charge is 0.238 e. The van der Waals surface area contributed by atoms with Crippen molar-refractivity contribution in [2.24, 2.45) is 11.8 Å². The summed E-state index contributed by atoms with van der Waals surface area (Å²) in [6, 6.07) is 0. The van der Waals surface area contributed by atoms with Crippen LogP contribution in [0, 0.1) is 11.8 Å². The molecule has 0 radical (unpaired) electrons. The van der Waals surface area contributed by atoms with Gasteiger partial charge in [0.15, 0.2) is 0 Å². The fraction of sp³-hybridized carbons (Fsp3) is 0.727. The molecule has 1 unspecified atom stereocenters. The Morgan fingerprint density at radius 1 is 1.53 bits per heavy atom. The van der Waals surface area contributed by atoms with E-state index in [4.69, 9.17) is 15.2 Å². The van der Waals surface area contributed by atoms with E-state index in [0.717, 1.165) is 30.6 Å². The van der Waals surface area contributed by atoms with Crippen LogP contribution in [0.3, 0.4) is 0 Å². The number of hydrogen-bond donors (Lipinski definition) is 0. The van der Waals surface area contributed by atoms with E-state index >= 15 is 0 Å². The van der Waals surface area contributed by atoms with E-state index in [9.17, 15) is 8.42 Å². The van der Waals surface area contributed by atoms with Crippen LogP contribution in [0.4, 0.5) is 0 Å². The molecule has 0 aliphatic heterocycles. The van der Waals surface area contributed by atoms with Gasteiger partial charge in [0.2, 0.25) is 9.05 Å². The maximum absolute atomic E-state index is 11.1. The highest BCUT2D eigenvalue weighted by atomic mass is 35.7. The van der Waals surface area contributed by atoms with Crippen LogP contribution in [-0.4, -0.2) is 13.6 Å². The lowest BCUT2D eigenvalue weighted by Gasteiger charge is -2.24. The third-order valence-electron chi connectivity index (χ3n) is 3.41. The van der Waals surface area contributed by atoms with Crippen molar-refractivity contribution in [2.75, 3.05) is 0 Å². The molecule has 1 aromatic heterocycles. The van der Waals surface area contributed by atoms with Crippen LogP contribution in [0.2, 0.25) is 0 Å². The summed E-state index contributed by atoms with van der Waals surface area (Å²) in [6.07, 6.45) is 2.76. The largest absolute Gasteiger partial charge is 0.361 e. The van der Waals surface area contributed by atoms with Gasteiger partial charge in [-0.1, -0.05) is 19.0 Å². The molecule has 0 saturated heterocycles. The molecule has 0 aromatic carbocycles. The average Bonchev–Trinajstić information content (AvgIpc) is 2.58. The highest BCUT2D eigenvalue weighted by molar-refractivity contribution is 8.13. The summed E-state index contributed by atoms with van der Waals surface area (Å²) < 4.78 is 27.4. The maximum Gasteiger partial charge on any atom is 0.238 e. The van der Waals surface area contributed by atoms with E-state index in [1.165, 1.54) is 0 Å². The fourth-order valence-corrected chi connectivity index (χ4v) is 3.20. The first kappa shape index (κ1) is 12.9. The second-order valence-electron chi connectivity index (χ2n) is 4.96. The molecule has 1 aromatic rings. The average molecular weight is 278 g/mol. The van der Waals surface area contributed by atoms with Gasteiger partial charge in [-0.2, -0.15) is 0 Å². The van der Waals surface area contributed by atoms with Crippen molar-refractivity contribution in [3.8, 4) is 0 Å². The van der Waals surface area contributed by atoms with Gasteiger partial charge in [-0.05, 0) is 24.7 Å². The number of nitrogens with zero attached hydrogens (tertiary/aromatic N) is 1. The summed E-state index contributed by atoms with van der Waals surface area (Å²) in [5, 5.41) is 3.84. The summed E-state index contributed by atoms with van der Waals surface area (Å²) in [7, 11) is 1.69. The minimum atomic E-state index is -3.57. The first-order chi connectivity index (χ1) is 7.87. The lowest BCUT2D eigenvalue weighted by molar-refractivity contribution is 0.305. The van der Waals surface area contributed by atoms with Gasteiger partial charge >= 0.3 is 0 Å². The molecule has 0 spiro atoms. The van der Waals surface area contributed by atoms with Crippen LogP contribution in [0.25, 0.3) is 0 Å². The molecule has 0 saturated carbocycles. The number of aromatic nitrogens is 1. The normalized spacial score (nSPS) is 20.6. The molecule has 0 amide bonds. The molecule has 96 valence electrons. The van der Waals surface area contributed by atoms with Gasteiger partial charge in [-0.15, -0.1) is 0 Å². The molecular formula is C11H16ClNO3S. The predicted molar refractivity (Wildman–Crippen MR) is 65.3 cm³/mol. The highest BCUT2D eigenvalue weighted by Crippen LogP contribution is 2.32. The summed E-state index contributed by atoms with van der Waals surface area (Å²) in [5.41, 5.74) is 1.44. The van der Waals surface area contributed by atoms with Gasteiger partial charge in [0.1, 0.15) is 17.2 Å². The molecule has 0 fully saturated rings. The molecule has 1 atom stereocenters. The molecule has 1 aliphatic carbocycles. The van der Waals surface area contributed by atoms with Gasteiger partial charge in [-0.3, -0.25) is 0 Å². The van der Waals surface area contributed by atoms with E-state index in [2.05, 4.69) is 19.0 Å². The molecule has 0 bridgehead atoms. The zero-order valence-electron chi connectivity index (χ0n) is 9.94. The summed E-state index contributed by atoms with van der Waals surface area (Å²) in [5.74, 6) is 1.74. The number of aryl methyl sites for hydroxylation is 1. The van der Waals surface area contributed by atoms with Crippen molar-refractivity contribution >= 4 is 19.7 Å². The van der Waals surface area contributed by atoms with Crippen LogP contribution in [0.5, 0.6) is 0 Å². The minimum Gasteiger partial charge on any atom is -0.361 e. The van der Waals surface area contributed by atoms with Crippen molar-refractivity contribution in [1.29, 1.82) is 0 Å². The lowest BCUT2D eigenvalue weighted by Crippen LogP contribution is -2.19. The zero-order valence-corrected chi connectivity index (χ0v) is 11.5. The number of rotatable bonds is 3. The van der Waals surface area contributed by atoms with Crippen LogP contribution in [-0.2, 0) is 27.6 Å². The predicted octanol–water partition coefficient (Wildman–Crippen LogP) is 2.50. The molecule has 0 N–H and O–H groups in total. The van der Waals surface area contributed by atoms with E-state index in [-0.39, 0.29) is 5.75 Å². The topological polar surface area (TPSA) is 60.2 Å². The van der Waals surface area contributed by atoms with Crippen LogP contribution in [0.15, 0.2) is 4.52 Å². The van der Waals surface area contributed by atoms with Crippen molar-refractivity contribution in [2.45, 2.75) is 38.9 Å². The molecule has 1 heterocycles. The number of halogens is 1. The Hall–Kier alpha value is -0.550. The number of hydrogen-bond acceptors (Lipinski definition) is 4. The van der Waals surface area contributed by atoms with Crippen LogP contribution < -0.4 is 0 Å². The van der Waals surface area contributed by atoms with Crippen molar-refractivity contribution < 1.29 is 12.9 Å². The van der Waals surface area contributed by atoms with Crippen LogP contribution >= 0.6 is 10.7 Å². The Balaban J connectivity index is 2.25. The van der Waals surface area contributed by atoms with Gasteiger partial charge in [0.25, 0.3) is 0 Å². The van der Waals surface area contributed by atoms with Crippen molar-refractivity contribution in [3.63, 3.8) is 0 Å². The summed E-state index contributed by atoms with van der Waals surface area (Å²) in [4.78, 5) is 0. The summed E-state index contributed by atoms with van der Waals surface area (Å²) >= 11 is 0. The summed E-state index contributed by atoms with van der Waals surface area (Å²) in [6.45, 7) is 4.36. The number of fused-ring (bicyclic) bond motifs is 1. The van der Waals surface area contributed by atoms with Gasteiger partial charge < -0.3 is 4.52 Å². The van der Waals surface area contributed by atoms with Crippen LogP contribution in [0.1, 0.15) is 37.3 Å². The minimum absolute atomic E-state index is 0.238. The Kier molecular flexibility index (Phi) is 3.50. The highest BCUT2D eigenvalue weighted by Gasteiger charge is 2.28. The third kappa shape index (κ3) is 3.01. The Morgan fingerprint density at radius 3 is 2.82 bits per heavy atom. The molecule has 2 rings (SSSR count). The Morgan fingerprint density at radius 2 is 2.24 bits per heavy atom. The first-order valence-corrected chi connectivity index (χ1v) is 8.23. The van der Waals surface area contributed by atoms with E-state index < -0.39 is 9.05 Å². The molecule has 4 nitrogen and oxygen atoms in total. The van der Waals surface area contributed by atoms with Crippen molar-refractivity contribution in [1.82, 2.24) is 5.16 Å². The molecular weight excluding hydrogens is 262 g/mol. The van der Waals surface area contributed by atoms with E-state index in [0.29, 0.717) is 17.5 Å². The van der Waals surface area contributed by atoms with E-state index in [1.54, 1.807) is 0 Å². The van der Waals surface area contributed by atoms with E-state index in [1.807, 2.05) is 0 Å². The lowest BCUT2D eigenvalue weighted by atomic mass is 9.80. The SMILES string of the molecule is CC(C)C1CCc2onc(CS(=O)(=O)Cl)c2C1. The third-order valence-corrected chi connectivity index (χ3v) is 4.36. The van der Waals surface area contributed by atoms with Gasteiger partial charge in [0.05, 0.1) is 0 Å². The zero-order chi connectivity index (χ0) is 12.6. The molecule has 17 heavy (non-hydrogen) atoms. The second kappa shape index (κ2) is 4.61. The Bertz CT molecular complexity index is 507. The monoisotopic (exact) mass is 277 g/mol. The maximum atomic E-state index is 11.1. The quantitative estimate of drug-likeness (QED) is 0.797. The second-order valence-corrected chi connectivity index (χ2v) is 7.74. The molecule has 1 aliphatic rings. The molecule has 6 heteroatoms. The Labute approximate surface area is 106 Å². The van der Waals surface area contributed by atoms with Gasteiger partial charge in [0, 0.05) is 22.7 Å². The fourth-order valence-electron chi connectivity index (χ4n) is 2.34.